The first-order valence-electron chi connectivity index (χ1n) is 9.70. The number of ether oxygens (including phenoxy) is 1. The van der Waals surface area contributed by atoms with Gasteiger partial charge in [-0.2, -0.15) is 0 Å². The molecule has 2 aromatic rings. The fourth-order valence-corrected chi connectivity index (χ4v) is 4.26. The van der Waals surface area contributed by atoms with Gasteiger partial charge in [-0.25, -0.2) is 8.42 Å². The average molecular weight is 419 g/mol. The minimum Gasteiger partial charge on any atom is -0.375 e. The van der Waals surface area contributed by atoms with Crippen LogP contribution in [0, 0.1) is 13.8 Å². The van der Waals surface area contributed by atoms with Crippen LogP contribution < -0.4 is 9.62 Å². The van der Waals surface area contributed by atoms with Gasteiger partial charge in [0.05, 0.1) is 25.2 Å². The molecule has 0 aliphatic heterocycles. The topological polar surface area (TPSA) is 75.7 Å². The maximum Gasteiger partial charge on any atom is 0.243 e. The normalized spacial score (nSPS) is 12.4. The first-order valence-corrected chi connectivity index (χ1v) is 11.5. The van der Waals surface area contributed by atoms with Crippen molar-refractivity contribution in [1.82, 2.24) is 5.32 Å². The Bertz CT molecular complexity index is 914. The van der Waals surface area contributed by atoms with Gasteiger partial charge in [0.15, 0.2) is 0 Å². The number of nitrogens with zero attached hydrogens (tertiary/aromatic N) is 1. The van der Waals surface area contributed by atoms with E-state index in [9.17, 15) is 13.2 Å². The molecule has 158 valence electrons. The third-order valence-electron chi connectivity index (χ3n) is 4.73. The predicted octanol–water partition coefficient (Wildman–Crippen LogP) is 3.18. The van der Waals surface area contributed by atoms with Crippen LogP contribution in [0.25, 0.3) is 0 Å². The van der Waals surface area contributed by atoms with Gasteiger partial charge in [0.25, 0.3) is 0 Å². The van der Waals surface area contributed by atoms with Crippen molar-refractivity contribution < 1.29 is 17.9 Å². The van der Waals surface area contributed by atoms with Crippen molar-refractivity contribution in [1.29, 1.82) is 0 Å². The monoisotopic (exact) mass is 418 g/mol. The van der Waals surface area contributed by atoms with E-state index in [2.05, 4.69) is 5.32 Å². The fraction of sp³-hybridized carbons (Fsp3) is 0.409. The fourth-order valence-electron chi connectivity index (χ4n) is 3.05. The Kier molecular flexibility index (Phi) is 8.22. The minimum absolute atomic E-state index is 0.312. The lowest BCUT2D eigenvalue weighted by atomic mass is 10.1. The molecule has 0 saturated carbocycles. The Morgan fingerprint density at radius 1 is 1.10 bits per heavy atom. The third-order valence-corrected chi connectivity index (χ3v) is 5.91. The van der Waals surface area contributed by atoms with Crippen molar-refractivity contribution in [2.24, 2.45) is 0 Å². The molecule has 1 amide bonds. The van der Waals surface area contributed by atoms with Crippen molar-refractivity contribution in [2.75, 3.05) is 23.7 Å². The molecule has 0 spiro atoms. The van der Waals surface area contributed by atoms with Crippen molar-refractivity contribution >= 4 is 21.6 Å². The van der Waals surface area contributed by atoms with Gasteiger partial charge in [0.2, 0.25) is 15.9 Å². The summed E-state index contributed by atoms with van der Waals surface area (Å²) in [4.78, 5) is 12.7. The van der Waals surface area contributed by atoms with E-state index in [4.69, 9.17) is 4.74 Å². The number of nitrogens with one attached hydrogen (secondary N) is 1. The molecule has 6 nitrogen and oxygen atoms in total. The summed E-state index contributed by atoms with van der Waals surface area (Å²) >= 11 is 0. The summed E-state index contributed by atoms with van der Waals surface area (Å²) in [5.41, 5.74) is 3.59. The molecule has 29 heavy (non-hydrogen) atoms. The second-order valence-electron chi connectivity index (χ2n) is 7.08. The summed E-state index contributed by atoms with van der Waals surface area (Å²) < 4.78 is 31.8. The number of sulfonamides is 1. The summed E-state index contributed by atoms with van der Waals surface area (Å²) in [6, 6.07) is 14.4. The number of benzene rings is 2. The highest BCUT2D eigenvalue weighted by atomic mass is 32.2. The maximum atomic E-state index is 12.7. The van der Waals surface area contributed by atoms with Gasteiger partial charge in [-0.3, -0.25) is 9.10 Å². The van der Waals surface area contributed by atoms with Crippen molar-refractivity contribution in [3.63, 3.8) is 0 Å². The highest BCUT2D eigenvalue weighted by molar-refractivity contribution is 7.92. The predicted molar refractivity (Wildman–Crippen MR) is 116 cm³/mol. The number of hydrogen-bond acceptors (Lipinski definition) is 4. The first-order chi connectivity index (χ1) is 13.7. The standard InChI is InChI=1S/C22H30N2O4S/c1-5-21(22(25)23-13-14-28-16-19-9-7-6-8-10-19)24(29(4,26)27)20-12-11-17(2)18(3)15-20/h6-12,15,21H,5,13-14,16H2,1-4H3,(H,23,25). The lowest BCUT2D eigenvalue weighted by Crippen LogP contribution is -2.49. The molecule has 0 aliphatic rings. The van der Waals surface area contributed by atoms with E-state index < -0.39 is 16.1 Å². The molecule has 0 aromatic heterocycles. The van der Waals surface area contributed by atoms with Crippen LogP contribution in [-0.2, 0) is 26.2 Å². The molecule has 1 atom stereocenters. The maximum absolute atomic E-state index is 12.7. The SMILES string of the molecule is CCC(C(=O)NCCOCc1ccccc1)N(c1ccc(C)c(C)c1)S(C)(=O)=O. The Labute approximate surface area is 173 Å². The largest absolute Gasteiger partial charge is 0.375 e. The molecule has 7 heteroatoms. The zero-order valence-electron chi connectivity index (χ0n) is 17.5. The van der Waals surface area contributed by atoms with Crippen LogP contribution in [0.5, 0.6) is 0 Å². The molecule has 2 aromatic carbocycles. The van der Waals surface area contributed by atoms with E-state index in [1.807, 2.05) is 50.2 Å². The van der Waals surface area contributed by atoms with Crippen LogP contribution in [0.2, 0.25) is 0 Å². The van der Waals surface area contributed by atoms with Crippen molar-refractivity contribution in [3.05, 3.63) is 65.2 Å². The Morgan fingerprint density at radius 3 is 2.38 bits per heavy atom. The van der Waals surface area contributed by atoms with Crippen LogP contribution in [0.1, 0.15) is 30.0 Å². The highest BCUT2D eigenvalue weighted by Gasteiger charge is 2.31. The lowest BCUT2D eigenvalue weighted by Gasteiger charge is -2.30. The third kappa shape index (κ3) is 6.58. The molecule has 2 rings (SSSR count). The Morgan fingerprint density at radius 2 is 1.79 bits per heavy atom. The molecule has 0 aliphatic carbocycles. The van der Waals surface area contributed by atoms with Crippen LogP contribution in [-0.4, -0.2) is 39.8 Å². The van der Waals surface area contributed by atoms with Crippen LogP contribution in [0.3, 0.4) is 0 Å². The van der Waals surface area contributed by atoms with Gasteiger partial charge < -0.3 is 10.1 Å². The minimum atomic E-state index is -3.63. The van der Waals surface area contributed by atoms with Crippen LogP contribution in [0.4, 0.5) is 5.69 Å². The van der Waals surface area contributed by atoms with Gasteiger partial charge in [0, 0.05) is 6.54 Å². The molecule has 0 bridgehead atoms. The molecule has 0 saturated heterocycles. The second-order valence-corrected chi connectivity index (χ2v) is 8.94. The van der Waals surface area contributed by atoms with Crippen molar-refractivity contribution in [2.45, 2.75) is 39.8 Å². The molecule has 0 fully saturated rings. The number of carbonyl (C=O) groups is 1. The van der Waals surface area contributed by atoms with E-state index in [0.717, 1.165) is 22.9 Å². The Balaban J connectivity index is 2.01. The molecule has 1 N–H and O–H groups in total. The lowest BCUT2D eigenvalue weighted by molar-refractivity contribution is -0.122. The summed E-state index contributed by atoms with van der Waals surface area (Å²) in [5.74, 6) is -0.334. The van der Waals surface area contributed by atoms with Crippen molar-refractivity contribution in [3.8, 4) is 0 Å². The van der Waals surface area contributed by atoms with E-state index in [1.165, 1.54) is 4.31 Å². The second kappa shape index (κ2) is 10.4. The zero-order valence-corrected chi connectivity index (χ0v) is 18.3. The van der Waals surface area contributed by atoms with Gasteiger partial charge in [-0.1, -0.05) is 43.3 Å². The summed E-state index contributed by atoms with van der Waals surface area (Å²) in [6.07, 6.45) is 1.48. The van der Waals surface area contributed by atoms with Gasteiger partial charge >= 0.3 is 0 Å². The molecular weight excluding hydrogens is 388 g/mol. The summed E-state index contributed by atoms with van der Waals surface area (Å²) in [5, 5.41) is 2.80. The first kappa shape index (κ1) is 22.9. The van der Waals surface area contributed by atoms with E-state index in [-0.39, 0.29) is 5.91 Å². The average Bonchev–Trinajstić information content (AvgIpc) is 2.67. The number of aryl methyl sites for hydroxylation is 2. The number of anilines is 1. The van der Waals surface area contributed by atoms with E-state index in [1.54, 1.807) is 19.1 Å². The Hall–Kier alpha value is -2.38. The van der Waals surface area contributed by atoms with Crippen LogP contribution in [0.15, 0.2) is 48.5 Å². The number of rotatable bonds is 10. The quantitative estimate of drug-likeness (QED) is 0.601. The van der Waals surface area contributed by atoms with E-state index in [0.29, 0.717) is 31.9 Å². The summed E-state index contributed by atoms with van der Waals surface area (Å²) in [7, 11) is -3.63. The van der Waals surface area contributed by atoms with E-state index >= 15 is 0 Å². The van der Waals surface area contributed by atoms with Gasteiger partial charge in [0.1, 0.15) is 6.04 Å². The number of amides is 1. The summed E-state index contributed by atoms with van der Waals surface area (Å²) in [6.45, 7) is 6.81. The molecule has 0 radical (unpaired) electrons. The van der Waals surface area contributed by atoms with Gasteiger partial charge in [-0.15, -0.1) is 0 Å². The molecular formula is C22H30N2O4S. The molecule has 0 heterocycles. The molecule has 1 unspecified atom stereocenters. The highest BCUT2D eigenvalue weighted by Crippen LogP contribution is 2.25. The van der Waals surface area contributed by atoms with Crippen LogP contribution >= 0.6 is 0 Å². The smallest absolute Gasteiger partial charge is 0.243 e. The zero-order chi connectivity index (χ0) is 21.4. The van der Waals surface area contributed by atoms with Gasteiger partial charge in [-0.05, 0) is 49.1 Å². The number of hydrogen-bond donors (Lipinski definition) is 1. The number of carbonyl (C=O) groups excluding carboxylic acids is 1.